The van der Waals surface area contributed by atoms with Crippen molar-refractivity contribution in [3.05, 3.63) is 0 Å². The van der Waals surface area contributed by atoms with Gasteiger partial charge in [-0.05, 0) is 32.1 Å². The lowest BCUT2D eigenvalue weighted by molar-refractivity contribution is -0.142. The molecule has 0 saturated heterocycles. The molecule has 0 atom stereocenters. The fraction of sp³-hybridized carbons (Fsp3) is 0.692. The van der Waals surface area contributed by atoms with Gasteiger partial charge in [0.1, 0.15) is 0 Å². The molecule has 1 aromatic heterocycles. The van der Waals surface area contributed by atoms with E-state index in [-0.39, 0.29) is 18.0 Å². The summed E-state index contributed by atoms with van der Waals surface area (Å²) in [4.78, 5) is 27.0. The van der Waals surface area contributed by atoms with E-state index in [0.29, 0.717) is 36.0 Å². The smallest absolute Gasteiger partial charge is 0.321 e. The predicted molar refractivity (Wildman–Crippen MR) is 86.5 cm³/mol. The molecular weight excluding hydrogens is 324 g/mol. The third-order valence-electron chi connectivity index (χ3n) is 3.47. The highest BCUT2D eigenvalue weighted by Gasteiger charge is 2.26. The van der Waals surface area contributed by atoms with Crippen LogP contribution in [0.2, 0.25) is 0 Å². The van der Waals surface area contributed by atoms with E-state index in [4.69, 9.17) is 5.11 Å². The van der Waals surface area contributed by atoms with Crippen molar-refractivity contribution in [2.75, 3.05) is 11.1 Å². The van der Waals surface area contributed by atoms with Crippen LogP contribution in [0.3, 0.4) is 0 Å². The topological polar surface area (TPSA) is 104 Å². The van der Waals surface area contributed by atoms with Gasteiger partial charge in [0.25, 0.3) is 0 Å². The molecule has 1 heterocycles. The molecule has 2 amide bonds. The van der Waals surface area contributed by atoms with E-state index in [1.165, 1.54) is 0 Å². The molecule has 9 heteroatoms. The Balaban J connectivity index is 1.74. The zero-order valence-electron chi connectivity index (χ0n) is 12.4. The highest BCUT2D eigenvalue weighted by molar-refractivity contribution is 7.99. The maximum absolute atomic E-state index is 11.9. The summed E-state index contributed by atoms with van der Waals surface area (Å²) >= 11 is 2.73. The van der Waals surface area contributed by atoms with E-state index in [0.717, 1.165) is 23.7 Å². The Bertz CT molecular complexity index is 515. The molecule has 1 aromatic rings. The van der Waals surface area contributed by atoms with Crippen LogP contribution in [-0.4, -0.2) is 38.3 Å². The van der Waals surface area contributed by atoms with Crippen molar-refractivity contribution in [3.8, 4) is 0 Å². The van der Waals surface area contributed by atoms with Gasteiger partial charge in [0.2, 0.25) is 10.3 Å². The second-order valence-corrected chi connectivity index (χ2v) is 7.03. The first-order valence-corrected chi connectivity index (χ1v) is 9.11. The number of nitrogens with zero attached hydrogens (tertiary/aromatic N) is 2. The SMILES string of the molecule is CCCSc1nsc(NC(=O)NC2CCC(C(=O)O)CC2)n1. The summed E-state index contributed by atoms with van der Waals surface area (Å²) in [6.45, 7) is 2.09. The highest BCUT2D eigenvalue weighted by atomic mass is 32.2. The lowest BCUT2D eigenvalue weighted by Crippen LogP contribution is -2.40. The minimum atomic E-state index is -0.742. The largest absolute Gasteiger partial charge is 0.481 e. The number of carboxylic acid groups (broad SMARTS) is 1. The number of carbonyl (C=O) groups excluding carboxylic acids is 1. The molecule has 0 unspecified atom stereocenters. The van der Waals surface area contributed by atoms with Crippen molar-refractivity contribution in [1.29, 1.82) is 0 Å². The van der Waals surface area contributed by atoms with E-state index in [9.17, 15) is 9.59 Å². The Labute approximate surface area is 137 Å². The number of carboxylic acids is 1. The molecule has 0 aromatic carbocycles. The van der Waals surface area contributed by atoms with Crippen molar-refractivity contribution < 1.29 is 14.7 Å². The number of rotatable bonds is 6. The van der Waals surface area contributed by atoms with E-state index >= 15 is 0 Å². The normalized spacial score (nSPS) is 21.3. The Morgan fingerprint density at radius 3 is 2.73 bits per heavy atom. The summed E-state index contributed by atoms with van der Waals surface area (Å²) in [5.74, 6) is -0.0638. The van der Waals surface area contributed by atoms with Gasteiger partial charge in [-0.15, -0.1) is 0 Å². The first-order chi connectivity index (χ1) is 10.6. The van der Waals surface area contributed by atoms with Crippen molar-refractivity contribution in [2.24, 2.45) is 5.92 Å². The van der Waals surface area contributed by atoms with Crippen LogP contribution >= 0.6 is 23.3 Å². The predicted octanol–water partition coefficient (Wildman–Crippen LogP) is 2.81. The summed E-state index contributed by atoms with van der Waals surface area (Å²) in [5, 5.41) is 15.7. The van der Waals surface area contributed by atoms with E-state index in [1.807, 2.05) is 0 Å². The number of thioether (sulfide) groups is 1. The fourth-order valence-electron chi connectivity index (χ4n) is 2.32. The molecule has 3 N–H and O–H groups in total. The molecule has 22 heavy (non-hydrogen) atoms. The second kappa shape index (κ2) is 8.33. The maximum Gasteiger partial charge on any atom is 0.321 e. The third kappa shape index (κ3) is 5.13. The van der Waals surface area contributed by atoms with Gasteiger partial charge in [0.15, 0.2) is 0 Å². The number of urea groups is 1. The van der Waals surface area contributed by atoms with Crippen LogP contribution in [0, 0.1) is 5.92 Å². The monoisotopic (exact) mass is 344 g/mol. The minimum absolute atomic E-state index is 0.0254. The minimum Gasteiger partial charge on any atom is -0.481 e. The Morgan fingerprint density at radius 1 is 1.36 bits per heavy atom. The van der Waals surface area contributed by atoms with E-state index in [2.05, 4.69) is 26.9 Å². The first-order valence-electron chi connectivity index (χ1n) is 7.35. The van der Waals surface area contributed by atoms with Gasteiger partial charge in [-0.2, -0.15) is 9.36 Å². The van der Waals surface area contributed by atoms with Crippen molar-refractivity contribution in [2.45, 2.75) is 50.2 Å². The van der Waals surface area contributed by atoms with Crippen molar-refractivity contribution in [3.63, 3.8) is 0 Å². The van der Waals surface area contributed by atoms with Crippen LogP contribution in [0.15, 0.2) is 5.16 Å². The summed E-state index contributed by atoms with van der Waals surface area (Å²) in [5.41, 5.74) is 0. The summed E-state index contributed by atoms with van der Waals surface area (Å²) in [7, 11) is 0. The summed E-state index contributed by atoms with van der Waals surface area (Å²) in [6.07, 6.45) is 3.65. The van der Waals surface area contributed by atoms with Gasteiger partial charge in [0, 0.05) is 23.3 Å². The molecule has 1 aliphatic carbocycles. The standard InChI is InChI=1S/C13H20N4O3S2/c1-2-7-21-13-16-12(22-17-13)15-11(20)14-9-5-3-8(4-6-9)10(18)19/h8-9H,2-7H2,1H3,(H,18,19)(H2,14,15,16,17,20). The number of carbonyl (C=O) groups is 2. The summed E-state index contributed by atoms with van der Waals surface area (Å²) in [6, 6.07) is -0.278. The number of aliphatic carboxylic acids is 1. The molecule has 0 spiro atoms. The van der Waals surface area contributed by atoms with Crippen LogP contribution < -0.4 is 10.6 Å². The third-order valence-corrected chi connectivity index (χ3v) is 5.27. The fourth-order valence-corrected chi connectivity index (χ4v) is 3.71. The number of nitrogens with one attached hydrogen (secondary N) is 2. The van der Waals surface area contributed by atoms with Crippen molar-refractivity contribution in [1.82, 2.24) is 14.7 Å². The van der Waals surface area contributed by atoms with Crippen LogP contribution in [-0.2, 0) is 4.79 Å². The molecule has 1 aliphatic rings. The molecule has 7 nitrogen and oxygen atoms in total. The van der Waals surface area contributed by atoms with Gasteiger partial charge in [-0.3, -0.25) is 10.1 Å². The Hall–Kier alpha value is -1.35. The average Bonchev–Trinajstić information content (AvgIpc) is 2.93. The van der Waals surface area contributed by atoms with Gasteiger partial charge in [-0.25, -0.2) is 4.79 Å². The van der Waals surface area contributed by atoms with Crippen LogP contribution in [0.1, 0.15) is 39.0 Å². The van der Waals surface area contributed by atoms with Crippen LogP contribution in [0.5, 0.6) is 0 Å². The van der Waals surface area contributed by atoms with Gasteiger partial charge in [0.05, 0.1) is 5.92 Å². The summed E-state index contributed by atoms with van der Waals surface area (Å²) < 4.78 is 4.17. The maximum atomic E-state index is 11.9. The zero-order valence-corrected chi connectivity index (χ0v) is 14.0. The number of hydrogen-bond donors (Lipinski definition) is 3. The van der Waals surface area contributed by atoms with Crippen LogP contribution in [0.25, 0.3) is 0 Å². The van der Waals surface area contributed by atoms with Gasteiger partial charge >= 0.3 is 12.0 Å². The highest BCUT2D eigenvalue weighted by Crippen LogP contribution is 2.25. The lowest BCUT2D eigenvalue weighted by atomic mass is 9.86. The molecule has 0 radical (unpaired) electrons. The second-order valence-electron chi connectivity index (χ2n) is 5.22. The van der Waals surface area contributed by atoms with Crippen molar-refractivity contribution >= 4 is 40.4 Å². The number of aromatic nitrogens is 2. The first kappa shape index (κ1) is 17.0. The quantitative estimate of drug-likeness (QED) is 0.686. The van der Waals surface area contributed by atoms with Gasteiger partial charge in [-0.1, -0.05) is 18.7 Å². The molecule has 1 saturated carbocycles. The Morgan fingerprint density at radius 2 is 2.09 bits per heavy atom. The van der Waals surface area contributed by atoms with Crippen LogP contribution in [0.4, 0.5) is 9.93 Å². The van der Waals surface area contributed by atoms with E-state index < -0.39 is 5.97 Å². The van der Waals surface area contributed by atoms with E-state index in [1.54, 1.807) is 11.8 Å². The molecule has 122 valence electrons. The van der Waals surface area contributed by atoms with Gasteiger partial charge < -0.3 is 10.4 Å². The molecule has 0 aliphatic heterocycles. The molecular formula is C13H20N4O3S2. The number of amides is 2. The number of anilines is 1. The molecule has 0 bridgehead atoms. The number of hydrogen-bond acceptors (Lipinski definition) is 6. The molecule has 2 rings (SSSR count). The Kier molecular flexibility index (Phi) is 6.44. The lowest BCUT2D eigenvalue weighted by Gasteiger charge is -2.26. The zero-order chi connectivity index (χ0) is 15.9. The molecule has 1 fully saturated rings. The average molecular weight is 344 g/mol.